The fourth-order valence-electron chi connectivity index (χ4n) is 2.28. The smallest absolute Gasteiger partial charge is 0.263 e. The molecule has 0 spiro atoms. The Bertz CT molecular complexity index is 717. The van der Waals surface area contributed by atoms with Crippen LogP contribution in [0, 0.1) is 0 Å². The highest BCUT2D eigenvalue weighted by Gasteiger charge is 2.27. The summed E-state index contributed by atoms with van der Waals surface area (Å²) in [5.41, 5.74) is 0.935. The molecule has 2 heterocycles. The van der Waals surface area contributed by atoms with Crippen molar-refractivity contribution >= 4 is 34.8 Å². The van der Waals surface area contributed by atoms with Crippen LogP contribution < -0.4 is 20.3 Å². The van der Waals surface area contributed by atoms with Gasteiger partial charge < -0.3 is 9.64 Å². The Labute approximate surface area is 132 Å². The lowest BCUT2D eigenvalue weighted by molar-refractivity contribution is -0.123. The van der Waals surface area contributed by atoms with E-state index >= 15 is 0 Å². The largest absolute Gasteiger partial charge is 0.439 e. The van der Waals surface area contributed by atoms with E-state index in [4.69, 9.17) is 17.0 Å². The normalized spacial score (nSPS) is 18.8. The van der Waals surface area contributed by atoms with E-state index in [2.05, 4.69) is 10.6 Å². The van der Waals surface area contributed by atoms with Gasteiger partial charge in [0, 0.05) is 6.54 Å². The number of anilines is 1. The first kappa shape index (κ1) is 14.3. The molecular weight excluding hydrogens is 302 g/mol. The van der Waals surface area contributed by atoms with Crippen molar-refractivity contribution in [3.63, 3.8) is 0 Å². The van der Waals surface area contributed by atoms with Gasteiger partial charge in [-0.25, -0.2) is 0 Å². The van der Waals surface area contributed by atoms with Crippen molar-refractivity contribution in [2.45, 2.75) is 6.92 Å². The van der Waals surface area contributed by atoms with Crippen LogP contribution in [0.5, 0.6) is 5.75 Å². The highest BCUT2D eigenvalue weighted by atomic mass is 32.1. The van der Waals surface area contributed by atoms with Crippen LogP contribution in [0.1, 0.15) is 6.92 Å². The lowest BCUT2D eigenvalue weighted by Gasteiger charge is -2.17. The number of allylic oxidation sites excluding steroid dienone is 2. The lowest BCUT2D eigenvalue weighted by atomic mass is 10.2. The van der Waals surface area contributed by atoms with Crippen LogP contribution in [-0.4, -0.2) is 23.5 Å². The molecule has 0 aliphatic carbocycles. The first-order valence-corrected chi connectivity index (χ1v) is 7.14. The maximum Gasteiger partial charge on any atom is 0.263 e. The van der Waals surface area contributed by atoms with Gasteiger partial charge >= 0.3 is 0 Å². The van der Waals surface area contributed by atoms with Gasteiger partial charge in [0.15, 0.2) is 10.9 Å². The number of carbonyl (C=O) groups excluding carboxylic acids is 2. The van der Waals surface area contributed by atoms with Crippen LogP contribution in [0.25, 0.3) is 0 Å². The number of nitrogens with one attached hydrogen (secondary N) is 2. The maximum atomic E-state index is 11.8. The molecular formula is C15H13N3O3S. The minimum atomic E-state index is -0.524. The van der Waals surface area contributed by atoms with Crippen molar-refractivity contribution in [3.8, 4) is 5.75 Å². The molecule has 3 rings (SSSR count). The van der Waals surface area contributed by atoms with Gasteiger partial charge in [-0.15, -0.1) is 0 Å². The molecule has 0 bridgehead atoms. The van der Waals surface area contributed by atoms with E-state index in [-0.39, 0.29) is 10.7 Å². The van der Waals surface area contributed by atoms with Gasteiger partial charge in [-0.1, -0.05) is 12.1 Å². The average molecular weight is 315 g/mol. The Morgan fingerprint density at radius 1 is 1.18 bits per heavy atom. The van der Waals surface area contributed by atoms with Gasteiger partial charge in [0.25, 0.3) is 11.8 Å². The number of thiocarbonyl (C=S) groups is 1. The first-order chi connectivity index (χ1) is 10.6. The third kappa shape index (κ3) is 2.46. The molecule has 0 radical (unpaired) electrons. The van der Waals surface area contributed by atoms with Gasteiger partial charge in [-0.2, -0.15) is 0 Å². The summed E-state index contributed by atoms with van der Waals surface area (Å²) in [6.07, 6.45) is 3.03. The summed E-state index contributed by atoms with van der Waals surface area (Å²) in [6.45, 7) is 2.69. The second-order valence-corrected chi connectivity index (χ2v) is 5.04. The maximum absolute atomic E-state index is 11.8. The average Bonchev–Trinajstić information content (AvgIpc) is 2.83. The molecule has 6 nitrogen and oxygen atoms in total. The van der Waals surface area contributed by atoms with E-state index in [1.807, 2.05) is 36.1 Å². The molecule has 2 aliphatic rings. The molecule has 2 aliphatic heterocycles. The standard InChI is InChI=1S/C15H13N3O3S/c1-2-18-10-5-3-4-6-11(10)21-12(18)8-7-9-13(19)16-15(22)17-14(9)20/h3-8H,2H2,1H3,(H2,16,17,19,20,22)/b12-8-. The topological polar surface area (TPSA) is 70.7 Å². The first-order valence-electron chi connectivity index (χ1n) is 6.73. The summed E-state index contributed by atoms with van der Waals surface area (Å²) in [5, 5.41) is 4.79. The second-order valence-electron chi connectivity index (χ2n) is 4.64. The van der Waals surface area contributed by atoms with E-state index in [1.165, 1.54) is 6.08 Å². The minimum absolute atomic E-state index is 0.0134. The monoisotopic (exact) mass is 315 g/mol. The zero-order valence-corrected chi connectivity index (χ0v) is 12.6. The quantitative estimate of drug-likeness (QED) is 0.488. The number of hydrogen-bond donors (Lipinski definition) is 2. The van der Waals surface area contributed by atoms with Crippen LogP contribution in [0.3, 0.4) is 0 Å². The van der Waals surface area contributed by atoms with E-state index in [0.29, 0.717) is 12.4 Å². The summed E-state index contributed by atoms with van der Waals surface area (Å²) in [4.78, 5) is 25.5. The SMILES string of the molecule is CCN1/C(=C/C=C2C(=O)NC(=S)NC2=O)Oc2ccccc21. The third-order valence-electron chi connectivity index (χ3n) is 3.29. The predicted octanol–water partition coefficient (Wildman–Crippen LogP) is 1.20. The summed E-state index contributed by atoms with van der Waals surface area (Å²) >= 11 is 4.75. The van der Waals surface area contributed by atoms with Crippen LogP contribution >= 0.6 is 12.2 Å². The number of nitrogens with zero attached hydrogens (tertiary/aromatic N) is 1. The van der Waals surface area contributed by atoms with Gasteiger partial charge in [0.05, 0.1) is 5.69 Å². The molecule has 22 heavy (non-hydrogen) atoms. The van der Waals surface area contributed by atoms with Crippen LogP contribution in [-0.2, 0) is 9.59 Å². The molecule has 1 fully saturated rings. The molecule has 1 saturated heterocycles. The Kier molecular flexibility index (Phi) is 3.64. The number of amides is 2. The molecule has 1 aromatic rings. The molecule has 112 valence electrons. The van der Waals surface area contributed by atoms with Gasteiger partial charge in [0.1, 0.15) is 5.57 Å². The van der Waals surface area contributed by atoms with E-state index in [1.54, 1.807) is 6.08 Å². The zero-order valence-electron chi connectivity index (χ0n) is 11.8. The fraction of sp³-hybridized carbons (Fsp3) is 0.133. The molecule has 2 N–H and O–H groups in total. The summed E-state index contributed by atoms with van der Waals surface area (Å²) in [6, 6.07) is 7.63. The number of para-hydroxylation sites is 2. The van der Waals surface area contributed by atoms with Crippen molar-refractivity contribution < 1.29 is 14.3 Å². The van der Waals surface area contributed by atoms with Crippen molar-refractivity contribution in [2.75, 3.05) is 11.4 Å². The molecule has 0 unspecified atom stereocenters. The number of fused-ring (bicyclic) bond motifs is 1. The van der Waals surface area contributed by atoms with Crippen molar-refractivity contribution in [2.24, 2.45) is 0 Å². The van der Waals surface area contributed by atoms with Gasteiger partial charge in [-0.05, 0) is 43.4 Å². The van der Waals surface area contributed by atoms with Crippen LogP contribution in [0.15, 0.2) is 47.9 Å². The van der Waals surface area contributed by atoms with Crippen molar-refractivity contribution in [1.29, 1.82) is 0 Å². The lowest BCUT2D eigenvalue weighted by Crippen LogP contribution is -2.51. The molecule has 0 saturated carbocycles. The number of rotatable bonds is 2. The Morgan fingerprint density at radius 2 is 1.86 bits per heavy atom. The highest BCUT2D eigenvalue weighted by Crippen LogP contribution is 2.38. The number of ether oxygens (including phenoxy) is 1. The molecule has 7 heteroatoms. The third-order valence-corrected chi connectivity index (χ3v) is 3.49. The van der Waals surface area contributed by atoms with Crippen molar-refractivity contribution in [1.82, 2.24) is 10.6 Å². The minimum Gasteiger partial charge on any atom is -0.439 e. The van der Waals surface area contributed by atoms with Gasteiger partial charge in [-0.3, -0.25) is 20.2 Å². The van der Waals surface area contributed by atoms with Crippen LogP contribution in [0.2, 0.25) is 0 Å². The zero-order chi connectivity index (χ0) is 15.7. The second kappa shape index (κ2) is 5.61. The molecule has 0 atom stereocenters. The summed E-state index contributed by atoms with van der Waals surface area (Å²) < 4.78 is 5.75. The Hall–Kier alpha value is -2.67. The highest BCUT2D eigenvalue weighted by molar-refractivity contribution is 7.80. The van der Waals surface area contributed by atoms with E-state index < -0.39 is 11.8 Å². The number of carbonyl (C=O) groups is 2. The summed E-state index contributed by atoms with van der Waals surface area (Å²) in [7, 11) is 0. The van der Waals surface area contributed by atoms with E-state index in [9.17, 15) is 9.59 Å². The van der Waals surface area contributed by atoms with Gasteiger partial charge in [0.2, 0.25) is 5.88 Å². The molecule has 1 aromatic carbocycles. The molecule has 0 aromatic heterocycles. The summed E-state index contributed by atoms with van der Waals surface area (Å²) in [5.74, 6) is 0.256. The Balaban J connectivity index is 1.90. The Morgan fingerprint density at radius 3 is 2.55 bits per heavy atom. The van der Waals surface area contributed by atoms with Crippen molar-refractivity contribution in [3.05, 3.63) is 47.9 Å². The fourth-order valence-corrected chi connectivity index (χ4v) is 2.47. The molecule has 2 amide bonds. The van der Waals surface area contributed by atoms with E-state index in [0.717, 1.165) is 11.4 Å². The number of benzene rings is 1. The predicted molar refractivity (Wildman–Crippen MR) is 85.1 cm³/mol. The van der Waals surface area contributed by atoms with Crippen LogP contribution in [0.4, 0.5) is 5.69 Å². The number of hydrogen-bond acceptors (Lipinski definition) is 5.